The molecule has 0 aliphatic heterocycles. The lowest BCUT2D eigenvalue weighted by atomic mass is 10.1. The van der Waals surface area contributed by atoms with Crippen LogP contribution in [0, 0.1) is 6.92 Å². The van der Waals surface area contributed by atoms with E-state index in [9.17, 15) is 13.2 Å². The molecule has 5 nitrogen and oxygen atoms in total. The number of nitrogens with zero attached hydrogens (tertiary/aromatic N) is 1. The highest BCUT2D eigenvalue weighted by atomic mass is 19.4. The van der Waals surface area contributed by atoms with Gasteiger partial charge in [0.05, 0.1) is 17.6 Å². The van der Waals surface area contributed by atoms with Crippen LogP contribution in [0.1, 0.15) is 34.6 Å². The molecule has 0 saturated heterocycles. The lowest BCUT2D eigenvalue weighted by Crippen LogP contribution is -2.06. The van der Waals surface area contributed by atoms with Crippen LogP contribution in [0.25, 0.3) is 11.0 Å². The standard InChI is InChI=1S/C26H25F3N2O3/c1-17-24(16-33-20-8-2-7-19(14-20)26(27,28)29)34-23-11-3-10-22(25(17)23)32-13-5-9-21-18(15-30)6-4-12-31-21/h2-4,6-8,10-12,14H,5,9,13,15-16,30H2,1H3. The number of halogens is 3. The van der Waals surface area contributed by atoms with Crippen LogP contribution in [-0.2, 0) is 25.7 Å². The predicted molar refractivity (Wildman–Crippen MR) is 123 cm³/mol. The van der Waals surface area contributed by atoms with Gasteiger partial charge in [-0.3, -0.25) is 4.98 Å². The van der Waals surface area contributed by atoms with Gasteiger partial charge in [-0.15, -0.1) is 0 Å². The summed E-state index contributed by atoms with van der Waals surface area (Å²) in [5, 5.41) is 0.825. The zero-order valence-electron chi connectivity index (χ0n) is 18.7. The highest BCUT2D eigenvalue weighted by Crippen LogP contribution is 2.35. The number of nitrogens with two attached hydrogens (primary N) is 1. The number of alkyl halides is 3. The first-order valence-electron chi connectivity index (χ1n) is 10.9. The maximum atomic E-state index is 12.9. The Kier molecular flexibility index (Phi) is 7.07. The van der Waals surface area contributed by atoms with E-state index in [0.717, 1.165) is 47.2 Å². The van der Waals surface area contributed by atoms with Crippen molar-refractivity contribution in [2.24, 2.45) is 5.73 Å². The van der Waals surface area contributed by atoms with Crippen molar-refractivity contribution in [3.05, 3.63) is 88.9 Å². The van der Waals surface area contributed by atoms with E-state index in [4.69, 9.17) is 19.6 Å². The fourth-order valence-electron chi connectivity index (χ4n) is 3.79. The van der Waals surface area contributed by atoms with Crippen LogP contribution in [-0.4, -0.2) is 11.6 Å². The summed E-state index contributed by atoms with van der Waals surface area (Å²) in [5.74, 6) is 1.34. The normalized spacial score (nSPS) is 11.7. The van der Waals surface area contributed by atoms with E-state index in [1.807, 2.05) is 37.3 Å². The summed E-state index contributed by atoms with van der Waals surface area (Å²) in [4.78, 5) is 4.40. The van der Waals surface area contributed by atoms with Gasteiger partial charge in [0.2, 0.25) is 0 Å². The molecule has 0 aliphatic carbocycles. The number of hydrogen-bond acceptors (Lipinski definition) is 5. The van der Waals surface area contributed by atoms with Crippen LogP contribution < -0.4 is 15.2 Å². The predicted octanol–water partition coefficient (Wildman–Crippen LogP) is 6.20. The molecule has 178 valence electrons. The quantitative estimate of drug-likeness (QED) is 0.295. The molecule has 4 rings (SSSR count). The molecule has 0 saturated carbocycles. The summed E-state index contributed by atoms with van der Waals surface area (Å²) < 4.78 is 56.4. The molecule has 0 unspecified atom stereocenters. The molecule has 0 fully saturated rings. The first-order valence-corrected chi connectivity index (χ1v) is 10.9. The Morgan fingerprint density at radius 3 is 2.65 bits per heavy atom. The smallest absolute Gasteiger partial charge is 0.416 e. The van der Waals surface area contributed by atoms with Gasteiger partial charge < -0.3 is 19.6 Å². The van der Waals surface area contributed by atoms with Crippen LogP contribution in [0.2, 0.25) is 0 Å². The van der Waals surface area contributed by atoms with Crippen molar-refractivity contribution in [1.82, 2.24) is 4.98 Å². The average molecular weight is 470 g/mol. The van der Waals surface area contributed by atoms with Crippen LogP contribution in [0.5, 0.6) is 11.5 Å². The molecule has 4 aromatic rings. The van der Waals surface area contributed by atoms with Crippen LogP contribution in [0.4, 0.5) is 13.2 Å². The Labute approximate surface area is 195 Å². The monoisotopic (exact) mass is 470 g/mol. The molecule has 0 bridgehead atoms. The molecule has 2 aromatic heterocycles. The van der Waals surface area contributed by atoms with Gasteiger partial charge in [0.1, 0.15) is 29.4 Å². The molecular formula is C26H25F3N2O3. The molecule has 0 atom stereocenters. The zero-order chi connectivity index (χ0) is 24.1. The van der Waals surface area contributed by atoms with Crippen molar-refractivity contribution in [2.75, 3.05) is 6.61 Å². The van der Waals surface area contributed by atoms with Crippen molar-refractivity contribution in [1.29, 1.82) is 0 Å². The molecule has 2 heterocycles. The van der Waals surface area contributed by atoms with Crippen molar-refractivity contribution < 1.29 is 27.1 Å². The number of aromatic nitrogens is 1. The number of furan rings is 1. The molecule has 2 N–H and O–H groups in total. The van der Waals surface area contributed by atoms with E-state index >= 15 is 0 Å². The summed E-state index contributed by atoms with van der Waals surface area (Å²) in [7, 11) is 0. The number of ether oxygens (including phenoxy) is 2. The average Bonchev–Trinajstić information content (AvgIpc) is 3.16. The van der Waals surface area contributed by atoms with E-state index in [1.54, 1.807) is 6.20 Å². The molecule has 0 aliphatic rings. The molecule has 0 spiro atoms. The van der Waals surface area contributed by atoms with Crippen LogP contribution in [0.15, 0.2) is 65.2 Å². The second-order valence-electron chi connectivity index (χ2n) is 7.86. The third-order valence-electron chi connectivity index (χ3n) is 5.57. The minimum Gasteiger partial charge on any atom is -0.493 e. The second kappa shape index (κ2) is 10.2. The summed E-state index contributed by atoms with van der Waals surface area (Å²) in [5.41, 5.74) is 8.48. The number of rotatable bonds is 9. The van der Waals surface area contributed by atoms with Crippen LogP contribution in [0.3, 0.4) is 0 Å². The van der Waals surface area contributed by atoms with Gasteiger partial charge in [-0.05, 0) is 61.7 Å². The lowest BCUT2D eigenvalue weighted by Gasteiger charge is -2.10. The van der Waals surface area contributed by atoms with Gasteiger partial charge in [-0.25, -0.2) is 0 Å². The van der Waals surface area contributed by atoms with E-state index in [1.165, 1.54) is 12.1 Å². The third kappa shape index (κ3) is 5.34. The fourth-order valence-corrected chi connectivity index (χ4v) is 3.79. The topological polar surface area (TPSA) is 70.5 Å². The summed E-state index contributed by atoms with van der Waals surface area (Å²) in [6.07, 6.45) is -1.15. The molecular weight excluding hydrogens is 445 g/mol. The van der Waals surface area contributed by atoms with Gasteiger partial charge >= 0.3 is 6.18 Å². The number of benzene rings is 2. The van der Waals surface area contributed by atoms with Gasteiger partial charge in [-0.2, -0.15) is 13.2 Å². The molecule has 8 heteroatoms. The molecule has 2 aromatic carbocycles. The third-order valence-corrected chi connectivity index (χ3v) is 5.57. The summed E-state index contributed by atoms with van der Waals surface area (Å²) >= 11 is 0. The minimum atomic E-state index is -4.43. The minimum absolute atomic E-state index is 0.00278. The Hall–Kier alpha value is -3.52. The number of hydrogen-bond donors (Lipinski definition) is 1. The van der Waals surface area contributed by atoms with Gasteiger partial charge in [-0.1, -0.05) is 18.2 Å². The second-order valence-corrected chi connectivity index (χ2v) is 7.86. The van der Waals surface area contributed by atoms with Crippen LogP contribution >= 0.6 is 0 Å². The first kappa shape index (κ1) is 23.6. The van der Waals surface area contributed by atoms with Crippen molar-refractivity contribution >= 4 is 11.0 Å². The fraction of sp³-hybridized carbons (Fsp3) is 0.269. The van der Waals surface area contributed by atoms with Crippen molar-refractivity contribution in [2.45, 2.75) is 39.1 Å². The Morgan fingerprint density at radius 2 is 1.85 bits per heavy atom. The molecule has 0 radical (unpaired) electrons. The number of fused-ring (bicyclic) bond motifs is 1. The lowest BCUT2D eigenvalue weighted by molar-refractivity contribution is -0.137. The first-order chi connectivity index (χ1) is 16.4. The number of aryl methyl sites for hydroxylation is 2. The highest BCUT2D eigenvalue weighted by molar-refractivity contribution is 5.88. The van der Waals surface area contributed by atoms with Crippen molar-refractivity contribution in [3.8, 4) is 11.5 Å². The zero-order valence-corrected chi connectivity index (χ0v) is 18.7. The number of pyridine rings is 1. The Balaban J connectivity index is 1.43. The molecule has 0 amide bonds. The Bertz CT molecular complexity index is 1270. The summed E-state index contributed by atoms with van der Waals surface area (Å²) in [6.45, 7) is 2.82. The van der Waals surface area contributed by atoms with Gasteiger partial charge in [0, 0.05) is 24.0 Å². The SMILES string of the molecule is Cc1c(COc2cccc(C(F)(F)F)c2)oc2cccc(OCCCc3ncccc3CN)c12. The maximum absolute atomic E-state index is 12.9. The highest BCUT2D eigenvalue weighted by Gasteiger charge is 2.30. The Morgan fingerprint density at radius 1 is 1.03 bits per heavy atom. The van der Waals surface area contributed by atoms with Gasteiger partial charge in [0.25, 0.3) is 0 Å². The van der Waals surface area contributed by atoms with E-state index < -0.39 is 11.7 Å². The largest absolute Gasteiger partial charge is 0.493 e. The van der Waals surface area contributed by atoms with E-state index in [-0.39, 0.29) is 12.4 Å². The van der Waals surface area contributed by atoms with Gasteiger partial charge in [0.15, 0.2) is 0 Å². The van der Waals surface area contributed by atoms with Crippen molar-refractivity contribution in [3.63, 3.8) is 0 Å². The van der Waals surface area contributed by atoms with E-state index in [0.29, 0.717) is 30.2 Å². The maximum Gasteiger partial charge on any atom is 0.416 e. The summed E-state index contributed by atoms with van der Waals surface area (Å²) in [6, 6.07) is 14.2. The van der Waals surface area contributed by atoms with E-state index in [2.05, 4.69) is 4.98 Å². The molecule has 34 heavy (non-hydrogen) atoms.